The molecule has 0 fully saturated rings. The van der Waals surface area contributed by atoms with E-state index in [-0.39, 0.29) is 29.8 Å². The van der Waals surface area contributed by atoms with Crippen LogP contribution in [-0.2, 0) is 23.9 Å². The van der Waals surface area contributed by atoms with E-state index in [1.807, 2.05) is 6.92 Å². The summed E-state index contributed by atoms with van der Waals surface area (Å²) < 4.78 is 44.9. The third-order valence-electron chi connectivity index (χ3n) is 3.96. The standard InChI is InChI=1S/C18H17ClF3N5O2/c1-2-23-16(28)8-15-12-10-27(26-14(12)3-4-24-15)5-6-29-17-13(19)7-11(9-25-17)18(20,21)22/h3-4,7,9-10H,2,5-6,8H2,1H3,(H,23,28). The summed E-state index contributed by atoms with van der Waals surface area (Å²) in [5.74, 6) is -0.221. The molecule has 3 aromatic rings. The van der Waals surface area contributed by atoms with Gasteiger partial charge in [0.05, 0.1) is 29.7 Å². The summed E-state index contributed by atoms with van der Waals surface area (Å²) in [5, 5.41) is 7.63. The van der Waals surface area contributed by atoms with E-state index in [9.17, 15) is 18.0 Å². The summed E-state index contributed by atoms with van der Waals surface area (Å²) in [5.41, 5.74) is 0.332. The monoisotopic (exact) mass is 427 g/mol. The SMILES string of the molecule is CCNC(=O)Cc1nccc2nn(CCOc3ncc(C(F)(F)F)cc3Cl)cc12. The number of fused-ring (bicyclic) bond motifs is 1. The van der Waals surface area contributed by atoms with Crippen LogP contribution in [0, 0.1) is 0 Å². The van der Waals surface area contributed by atoms with Crippen LogP contribution in [0.15, 0.2) is 30.7 Å². The van der Waals surface area contributed by atoms with E-state index in [1.165, 1.54) is 0 Å². The molecule has 0 atom stereocenters. The van der Waals surface area contributed by atoms with Crippen LogP contribution in [0.2, 0.25) is 5.02 Å². The minimum absolute atomic E-state index is 0.0880. The fraction of sp³-hybridized carbons (Fsp3) is 0.333. The summed E-state index contributed by atoms with van der Waals surface area (Å²) in [7, 11) is 0. The molecule has 3 aromatic heterocycles. The second-order valence-electron chi connectivity index (χ2n) is 6.07. The van der Waals surface area contributed by atoms with E-state index >= 15 is 0 Å². The van der Waals surface area contributed by atoms with Gasteiger partial charge in [0, 0.05) is 30.5 Å². The van der Waals surface area contributed by atoms with Crippen molar-refractivity contribution in [2.45, 2.75) is 26.1 Å². The highest BCUT2D eigenvalue weighted by Crippen LogP contribution is 2.33. The molecular weight excluding hydrogens is 411 g/mol. The Labute approximate surface area is 168 Å². The summed E-state index contributed by atoms with van der Waals surface area (Å²) in [6, 6.07) is 2.49. The molecule has 0 aliphatic rings. The molecule has 3 heterocycles. The van der Waals surface area contributed by atoms with E-state index in [0.29, 0.717) is 30.5 Å². The molecule has 0 saturated carbocycles. The minimum Gasteiger partial charge on any atom is -0.475 e. The number of hydrogen-bond donors (Lipinski definition) is 1. The minimum atomic E-state index is -4.52. The van der Waals surface area contributed by atoms with Crippen molar-refractivity contribution in [1.29, 1.82) is 0 Å². The summed E-state index contributed by atoms with van der Waals surface area (Å²) in [4.78, 5) is 19.7. The molecule has 29 heavy (non-hydrogen) atoms. The van der Waals surface area contributed by atoms with Crippen LogP contribution in [-0.4, -0.2) is 38.8 Å². The number of likely N-dealkylation sites (N-methyl/N-ethyl adjacent to an activating group) is 1. The van der Waals surface area contributed by atoms with Gasteiger partial charge in [-0.1, -0.05) is 11.6 Å². The highest BCUT2D eigenvalue weighted by molar-refractivity contribution is 6.31. The summed E-state index contributed by atoms with van der Waals surface area (Å²) in [6.45, 7) is 2.76. The first kappa shape index (κ1) is 20.8. The van der Waals surface area contributed by atoms with E-state index in [2.05, 4.69) is 20.4 Å². The number of pyridine rings is 2. The van der Waals surface area contributed by atoms with Crippen molar-refractivity contribution in [2.24, 2.45) is 0 Å². The fourth-order valence-electron chi connectivity index (χ4n) is 2.64. The van der Waals surface area contributed by atoms with Crippen LogP contribution >= 0.6 is 11.6 Å². The van der Waals surface area contributed by atoms with Gasteiger partial charge in [0.25, 0.3) is 0 Å². The van der Waals surface area contributed by atoms with Gasteiger partial charge in [-0.25, -0.2) is 4.98 Å². The molecular formula is C18H17ClF3N5O2. The number of amides is 1. The van der Waals surface area contributed by atoms with E-state index in [4.69, 9.17) is 16.3 Å². The molecule has 0 radical (unpaired) electrons. The van der Waals surface area contributed by atoms with Gasteiger partial charge in [-0.2, -0.15) is 18.3 Å². The molecule has 1 N–H and O–H groups in total. The number of rotatable bonds is 7. The van der Waals surface area contributed by atoms with Crippen LogP contribution in [0.5, 0.6) is 5.88 Å². The van der Waals surface area contributed by atoms with Crippen molar-refractivity contribution in [2.75, 3.05) is 13.2 Å². The highest BCUT2D eigenvalue weighted by Gasteiger charge is 2.31. The Morgan fingerprint density at radius 2 is 2.14 bits per heavy atom. The van der Waals surface area contributed by atoms with Crippen molar-refractivity contribution in [1.82, 2.24) is 25.1 Å². The zero-order valence-electron chi connectivity index (χ0n) is 15.3. The molecule has 1 amide bonds. The predicted octanol–water partition coefficient (Wildman–Crippen LogP) is 3.26. The highest BCUT2D eigenvalue weighted by atomic mass is 35.5. The zero-order valence-corrected chi connectivity index (χ0v) is 16.1. The molecule has 0 bridgehead atoms. The average molecular weight is 428 g/mol. The van der Waals surface area contributed by atoms with Crippen molar-refractivity contribution >= 4 is 28.4 Å². The van der Waals surface area contributed by atoms with Gasteiger partial charge in [0.2, 0.25) is 11.8 Å². The second-order valence-corrected chi connectivity index (χ2v) is 6.48. The van der Waals surface area contributed by atoms with Crippen LogP contribution in [0.25, 0.3) is 10.9 Å². The van der Waals surface area contributed by atoms with Gasteiger partial charge in [-0.05, 0) is 19.1 Å². The Balaban J connectivity index is 1.66. The Morgan fingerprint density at radius 3 is 2.83 bits per heavy atom. The number of nitrogens with zero attached hydrogens (tertiary/aromatic N) is 4. The van der Waals surface area contributed by atoms with Gasteiger partial charge in [-0.15, -0.1) is 0 Å². The lowest BCUT2D eigenvalue weighted by atomic mass is 10.2. The maximum Gasteiger partial charge on any atom is 0.417 e. The number of aromatic nitrogens is 4. The van der Waals surface area contributed by atoms with Gasteiger partial charge in [0.15, 0.2) is 0 Å². The Morgan fingerprint density at radius 1 is 1.34 bits per heavy atom. The molecule has 0 aliphatic carbocycles. The molecule has 0 spiro atoms. The number of hydrogen-bond acceptors (Lipinski definition) is 5. The Hall–Kier alpha value is -2.88. The summed E-state index contributed by atoms with van der Waals surface area (Å²) in [6.07, 6.45) is -0.399. The zero-order chi connectivity index (χ0) is 21.0. The third kappa shape index (κ3) is 5.14. The molecule has 7 nitrogen and oxygen atoms in total. The molecule has 0 aromatic carbocycles. The molecule has 154 valence electrons. The molecule has 11 heteroatoms. The van der Waals surface area contributed by atoms with E-state index < -0.39 is 11.7 Å². The quantitative estimate of drug-likeness (QED) is 0.626. The van der Waals surface area contributed by atoms with Crippen LogP contribution < -0.4 is 10.1 Å². The number of halogens is 4. The number of ether oxygens (including phenoxy) is 1. The maximum atomic E-state index is 12.6. The number of carbonyl (C=O) groups is 1. The maximum absolute atomic E-state index is 12.6. The van der Waals surface area contributed by atoms with Crippen molar-refractivity contribution in [3.05, 3.63) is 47.0 Å². The lowest BCUT2D eigenvalue weighted by molar-refractivity contribution is -0.137. The van der Waals surface area contributed by atoms with Gasteiger partial charge in [0.1, 0.15) is 11.6 Å². The van der Waals surface area contributed by atoms with E-state index in [1.54, 1.807) is 23.1 Å². The van der Waals surface area contributed by atoms with Crippen molar-refractivity contribution in [3.8, 4) is 5.88 Å². The number of alkyl halides is 3. The molecule has 0 saturated heterocycles. The third-order valence-corrected chi connectivity index (χ3v) is 4.23. The average Bonchev–Trinajstić information content (AvgIpc) is 3.06. The van der Waals surface area contributed by atoms with Crippen LogP contribution in [0.4, 0.5) is 13.2 Å². The molecule has 3 rings (SSSR count). The first-order valence-corrected chi connectivity index (χ1v) is 9.09. The number of nitrogens with one attached hydrogen (secondary N) is 1. The Bertz CT molecular complexity index is 1020. The largest absolute Gasteiger partial charge is 0.475 e. The van der Waals surface area contributed by atoms with E-state index in [0.717, 1.165) is 11.5 Å². The smallest absolute Gasteiger partial charge is 0.417 e. The normalized spacial score (nSPS) is 11.6. The van der Waals surface area contributed by atoms with Crippen LogP contribution in [0.3, 0.4) is 0 Å². The van der Waals surface area contributed by atoms with Gasteiger partial charge in [-0.3, -0.25) is 14.5 Å². The summed E-state index contributed by atoms with van der Waals surface area (Å²) >= 11 is 5.82. The van der Waals surface area contributed by atoms with Crippen molar-refractivity contribution < 1.29 is 22.7 Å². The topological polar surface area (TPSA) is 81.9 Å². The molecule has 0 unspecified atom stereocenters. The van der Waals surface area contributed by atoms with Gasteiger partial charge >= 0.3 is 6.18 Å². The molecule has 0 aliphatic heterocycles. The predicted molar refractivity (Wildman–Crippen MR) is 99.7 cm³/mol. The first-order valence-electron chi connectivity index (χ1n) is 8.71. The fourth-order valence-corrected chi connectivity index (χ4v) is 2.86. The second kappa shape index (κ2) is 8.64. The first-order chi connectivity index (χ1) is 13.8. The van der Waals surface area contributed by atoms with Crippen molar-refractivity contribution in [3.63, 3.8) is 0 Å². The lowest BCUT2D eigenvalue weighted by Gasteiger charge is -2.10. The van der Waals surface area contributed by atoms with Gasteiger partial charge < -0.3 is 10.1 Å². The number of carbonyl (C=O) groups excluding carboxylic acids is 1. The lowest BCUT2D eigenvalue weighted by Crippen LogP contribution is -2.24. The van der Waals surface area contributed by atoms with Crippen LogP contribution in [0.1, 0.15) is 18.2 Å². The Kier molecular flexibility index (Phi) is 6.21.